The Bertz CT molecular complexity index is 650. The second-order valence-electron chi connectivity index (χ2n) is 6.58. The van der Waals surface area contributed by atoms with Gasteiger partial charge in [-0.3, -0.25) is 4.90 Å². The number of thiazole rings is 1. The van der Waals surface area contributed by atoms with Gasteiger partial charge >= 0.3 is 0 Å². The molecule has 1 aliphatic rings. The van der Waals surface area contributed by atoms with Gasteiger partial charge in [0.2, 0.25) is 0 Å². The number of nitrogens with zero attached hydrogens (tertiary/aromatic N) is 2. The highest BCUT2D eigenvalue weighted by Gasteiger charge is 2.25. The minimum atomic E-state index is -0.124. The van der Waals surface area contributed by atoms with Crippen LogP contribution >= 0.6 is 11.3 Å². The third-order valence-corrected chi connectivity index (χ3v) is 5.56. The minimum Gasteiger partial charge on any atom is -0.497 e. The maximum absolute atomic E-state index is 9.81. The van der Waals surface area contributed by atoms with Crippen molar-refractivity contribution in [3.63, 3.8) is 0 Å². The van der Waals surface area contributed by atoms with Crippen molar-refractivity contribution in [2.75, 3.05) is 7.11 Å². The third kappa shape index (κ3) is 4.56. The largest absolute Gasteiger partial charge is 0.497 e. The summed E-state index contributed by atoms with van der Waals surface area (Å²) < 4.78 is 5.36. The number of aromatic nitrogens is 1. The lowest BCUT2D eigenvalue weighted by Crippen LogP contribution is -2.38. The molecule has 1 fully saturated rings. The number of aliphatic hydroxyl groups is 1. The van der Waals surface area contributed by atoms with E-state index in [2.05, 4.69) is 34.3 Å². The summed E-state index contributed by atoms with van der Waals surface area (Å²) in [7, 11) is 1.71. The molecule has 4 nitrogen and oxygen atoms in total. The number of methoxy groups -OCH3 is 1. The predicted octanol–water partition coefficient (Wildman–Crippen LogP) is 3.77. The Balaban J connectivity index is 1.75. The first-order valence-electron chi connectivity index (χ1n) is 8.60. The van der Waals surface area contributed by atoms with Crippen molar-refractivity contribution in [1.82, 2.24) is 9.88 Å². The zero-order valence-corrected chi connectivity index (χ0v) is 15.3. The van der Waals surface area contributed by atoms with Crippen LogP contribution in [0.1, 0.15) is 41.9 Å². The average molecular weight is 346 g/mol. The third-order valence-electron chi connectivity index (χ3n) is 4.73. The Labute approximate surface area is 148 Å². The molecular formula is C19H26N2O2S. The lowest BCUT2D eigenvalue weighted by Gasteiger charge is -2.35. The van der Waals surface area contributed by atoms with Crippen LogP contribution in [0.5, 0.6) is 5.75 Å². The molecule has 1 heterocycles. The van der Waals surface area contributed by atoms with Crippen molar-refractivity contribution in [3.05, 3.63) is 45.9 Å². The Hall–Kier alpha value is -1.43. The van der Waals surface area contributed by atoms with Crippen LogP contribution in [0.15, 0.2) is 29.6 Å². The molecule has 5 heteroatoms. The van der Waals surface area contributed by atoms with E-state index in [4.69, 9.17) is 4.74 Å². The van der Waals surface area contributed by atoms with Gasteiger partial charge < -0.3 is 9.84 Å². The second-order valence-corrected chi connectivity index (χ2v) is 7.64. The number of hydrogen-bond acceptors (Lipinski definition) is 5. The van der Waals surface area contributed by atoms with Crippen LogP contribution in [-0.4, -0.2) is 34.2 Å². The van der Waals surface area contributed by atoms with Crippen molar-refractivity contribution in [2.45, 2.75) is 57.8 Å². The van der Waals surface area contributed by atoms with E-state index in [-0.39, 0.29) is 6.10 Å². The van der Waals surface area contributed by atoms with Crippen LogP contribution in [0.4, 0.5) is 0 Å². The van der Waals surface area contributed by atoms with Crippen LogP contribution < -0.4 is 4.74 Å². The predicted molar refractivity (Wildman–Crippen MR) is 97.4 cm³/mol. The highest BCUT2D eigenvalue weighted by Crippen LogP contribution is 2.27. The minimum absolute atomic E-state index is 0.124. The van der Waals surface area contributed by atoms with Crippen molar-refractivity contribution >= 4 is 11.3 Å². The van der Waals surface area contributed by atoms with Gasteiger partial charge in [-0.05, 0) is 50.3 Å². The molecule has 1 saturated carbocycles. The van der Waals surface area contributed by atoms with E-state index in [1.54, 1.807) is 18.4 Å². The molecule has 0 unspecified atom stereocenters. The monoisotopic (exact) mass is 346 g/mol. The molecule has 3 rings (SSSR count). The van der Waals surface area contributed by atoms with Gasteiger partial charge in [-0.2, -0.15) is 0 Å². The van der Waals surface area contributed by atoms with Gasteiger partial charge in [0, 0.05) is 24.5 Å². The van der Waals surface area contributed by atoms with Gasteiger partial charge in [0.15, 0.2) is 0 Å². The van der Waals surface area contributed by atoms with E-state index in [0.29, 0.717) is 6.04 Å². The van der Waals surface area contributed by atoms with E-state index >= 15 is 0 Å². The molecule has 24 heavy (non-hydrogen) atoms. The summed E-state index contributed by atoms with van der Waals surface area (Å²) in [6.07, 6.45) is 3.77. The van der Waals surface area contributed by atoms with E-state index in [1.807, 2.05) is 12.1 Å². The fourth-order valence-corrected chi connectivity index (χ4v) is 4.04. The highest BCUT2D eigenvalue weighted by molar-refractivity contribution is 7.09. The molecule has 0 radical (unpaired) electrons. The summed E-state index contributed by atoms with van der Waals surface area (Å²) in [5.74, 6) is 0.899. The summed E-state index contributed by atoms with van der Waals surface area (Å²) in [5, 5.41) is 13.1. The molecule has 1 N–H and O–H groups in total. The van der Waals surface area contributed by atoms with Crippen molar-refractivity contribution in [1.29, 1.82) is 0 Å². The van der Waals surface area contributed by atoms with Crippen molar-refractivity contribution in [3.8, 4) is 5.75 Å². The summed E-state index contributed by atoms with van der Waals surface area (Å²) in [4.78, 5) is 7.15. The standard InChI is InChI=1S/C19H26N2O2S/c1-14-20-16(13-24-14)12-21(17-6-8-18(22)9-7-17)11-15-4-3-5-19(10-15)23-2/h3-5,10,13,17-18,22H,6-9,11-12H2,1-2H3. The number of aryl methyl sites for hydroxylation is 1. The Morgan fingerprint density at radius 1 is 1.25 bits per heavy atom. The second kappa shape index (κ2) is 8.10. The molecule has 1 aromatic carbocycles. The molecule has 0 spiro atoms. The summed E-state index contributed by atoms with van der Waals surface area (Å²) in [6, 6.07) is 8.79. The van der Waals surface area contributed by atoms with Crippen LogP contribution in [0.25, 0.3) is 0 Å². The maximum atomic E-state index is 9.81. The first kappa shape index (κ1) is 17.4. The van der Waals surface area contributed by atoms with Gasteiger partial charge in [0.25, 0.3) is 0 Å². The SMILES string of the molecule is COc1cccc(CN(Cc2csc(C)n2)C2CCC(O)CC2)c1. The Morgan fingerprint density at radius 2 is 2.04 bits per heavy atom. The van der Waals surface area contributed by atoms with E-state index in [9.17, 15) is 5.11 Å². The zero-order chi connectivity index (χ0) is 16.9. The molecule has 0 amide bonds. The fraction of sp³-hybridized carbons (Fsp3) is 0.526. The van der Waals surface area contributed by atoms with Gasteiger partial charge in [0.05, 0.1) is 23.9 Å². The van der Waals surface area contributed by atoms with Gasteiger partial charge in [-0.25, -0.2) is 4.98 Å². The summed E-state index contributed by atoms with van der Waals surface area (Å²) in [5.41, 5.74) is 2.40. The summed E-state index contributed by atoms with van der Waals surface area (Å²) >= 11 is 1.71. The van der Waals surface area contributed by atoms with Gasteiger partial charge in [-0.1, -0.05) is 12.1 Å². The topological polar surface area (TPSA) is 45.6 Å². The van der Waals surface area contributed by atoms with Crippen molar-refractivity contribution in [2.24, 2.45) is 0 Å². The molecule has 0 saturated heterocycles. The van der Waals surface area contributed by atoms with Gasteiger partial charge in [0.1, 0.15) is 5.75 Å². The molecule has 1 aromatic heterocycles. The lowest BCUT2D eigenvalue weighted by atomic mass is 9.91. The van der Waals surface area contributed by atoms with Crippen LogP contribution in [-0.2, 0) is 13.1 Å². The summed E-state index contributed by atoms with van der Waals surface area (Å²) in [6.45, 7) is 3.80. The first-order valence-corrected chi connectivity index (χ1v) is 9.48. The molecule has 2 aromatic rings. The van der Waals surface area contributed by atoms with E-state index in [0.717, 1.165) is 55.2 Å². The molecular weight excluding hydrogens is 320 g/mol. The Morgan fingerprint density at radius 3 is 2.71 bits per heavy atom. The quantitative estimate of drug-likeness (QED) is 0.865. The number of rotatable bonds is 6. The van der Waals surface area contributed by atoms with Crippen molar-refractivity contribution < 1.29 is 9.84 Å². The normalized spacial score (nSPS) is 21.2. The molecule has 1 aliphatic carbocycles. The van der Waals surface area contributed by atoms with E-state index < -0.39 is 0 Å². The maximum Gasteiger partial charge on any atom is 0.119 e. The molecule has 0 aliphatic heterocycles. The number of benzene rings is 1. The number of hydrogen-bond donors (Lipinski definition) is 1. The van der Waals surface area contributed by atoms with E-state index in [1.165, 1.54) is 5.56 Å². The highest BCUT2D eigenvalue weighted by atomic mass is 32.1. The van der Waals surface area contributed by atoms with Crippen LogP contribution in [0.2, 0.25) is 0 Å². The molecule has 0 bridgehead atoms. The average Bonchev–Trinajstić information content (AvgIpc) is 3.00. The van der Waals surface area contributed by atoms with Gasteiger partial charge in [-0.15, -0.1) is 11.3 Å². The number of ether oxygens (including phenoxy) is 1. The zero-order valence-electron chi connectivity index (χ0n) is 14.4. The first-order chi connectivity index (χ1) is 11.6. The smallest absolute Gasteiger partial charge is 0.119 e. The molecule has 130 valence electrons. The fourth-order valence-electron chi connectivity index (χ4n) is 3.43. The van der Waals surface area contributed by atoms with Crippen LogP contribution in [0.3, 0.4) is 0 Å². The number of aliphatic hydroxyl groups excluding tert-OH is 1. The lowest BCUT2D eigenvalue weighted by molar-refractivity contribution is 0.0660. The van der Waals surface area contributed by atoms with Crippen LogP contribution in [0, 0.1) is 6.92 Å². The Kier molecular flexibility index (Phi) is 5.87. The molecule has 0 atom stereocenters.